The molecular formula is C15H23FN2S. The van der Waals surface area contributed by atoms with Gasteiger partial charge in [0.15, 0.2) is 0 Å². The Morgan fingerprint density at radius 3 is 2.79 bits per heavy atom. The highest BCUT2D eigenvalue weighted by Crippen LogP contribution is 2.34. The van der Waals surface area contributed by atoms with Gasteiger partial charge in [-0.2, -0.15) is 11.8 Å². The van der Waals surface area contributed by atoms with Crippen LogP contribution in [0.3, 0.4) is 0 Å². The third kappa shape index (κ3) is 3.63. The standard InChI is InChI=1S/C15H23FN2S/c1-11(17)13-10-12(16)4-5-14(13)18-7-6-15(2,3)19-9-8-18/h4-5,10-11H,6-9,17H2,1-3H3/t11-/m1/s1. The molecule has 19 heavy (non-hydrogen) atoms. The molecule has 106 valence electrons. The Bertz CT molecular complexity index is 446. The van der Waals surface area contributed by atoms with Gasteiger partial charge >= 0.3 is 0 Å². The second-order valence-corrected chi connectivity index (χ2v) is 7.64. The van der Waals surface area contributed by atoms with Crippen LogP contribution in [0.4, 0.5) is 10.1 Å². The number of thioether (sulfide) groups is 1. The molecule has 0 amide bonds. The largest absolute Gasteiger partial charge is 0.370 e. The highest BCUT2D eigenvalue weighted by Gasteiger charge is 2.25. The molecule has 0 aromatic heterocycles. The maximum atomic E-state index is 13.4. The van der Waals surface area contributed by atoms with Crippen molar-refractivity contribution in [3.63, 3.8) is 0 Å². The summed E-state index contributed by atoms with van der Waals surface area (Å²) < 4.78 is 13.7. The molecule has 2 N–H and O–H groups in total. The molecule has 0 spiro atoms. The molecule has 0 unspecified atom stereocenters. The molecule has 1 aliphatic rings. The van der Waals surface area contributed by atoms with Crippen LogP contribution in [0.5, 0.6) is 0 Å². The third-order valence-corrected chi connectivity index (χ3v) is 5.03. The van der Waals surface area contributed by atoms with Crippen molar-refractivity contribution in [2.75, 3.05) is 23.7 Å². The summed E-state index contributed by atoms with van der Waals surface area (Å²) in [6, 6.07) is 4.83. The third-order valence-electron chi connectivity index (χ3n) is 3.66. The predicted octanol–water partition coefficient (Wildman–Crippen LogP) is 3.57. The molecule has 1 saturated heterocycles. The van der Waals surface area contributed by atoms with Gasteiger partial charge < -0.3 is 10.6 Å². The van der Waals surface area contributed by atoms with E-state index in [0.29, 0.717) is 4.75 Å². The molecule has 2 rings (SSSR count). The smallest absolute Gasteiger partial charge is 0.123 e. The Labute approximate surface area is 119 Å². The second-order valence-electron chi connectivity index (χ2n) is 5.84. The van der Waals surface area contributed by atoms with Gasteiger partial charge in [0.1, 0.15) is 5.82 Å². The van der Waals surface area contributed by atoms with Gasteiger partial charge in [0.25, 0.3) is 0 Å². The van der Waals surface area contributed by atoms with Crippen LogP contribution in [-0.4, -0.2) is 23.6 Å². The zero-order valence-corrected chi connectivity index (χ0v) is 12.8. The van der Waals surface area contributed by atoms with Crippen LogP contribution < -0.4 is 10.6 Å². The molecule has 2 nitrogen and oxygen atoms in total. The van der Waals surface area contributed by atoms with Gasteiger partial charge in [0.05, 0.1) is 0 Å². The Balaban J connectivity index is 2.26. The summed E-state index contributed by atoms with van der Waals surface area (Å²) in [6.45, 7) is 8.50. The van der Waals surface area contributed by atoms with Crippen molar-refractivity contribution in [2.24, 2.45) is 5.73 Å². The average molecular weight is 282 g/mol. The fraction of sp³-hybridized carbons (Fsp3) is 0.600. The van der Waals surface area contributed by atoms with Crippen LogP contribution in [0, 0.1) is 5.82 Å². The van der Waals surface area contributed by atoms with Crippen LogP contribution in [0.25, 0.3) is 0 Å². The zero-order chi connectivity index (χ0) is 14.0. The molecule has 1 aliphatic heterocycles. The number of halogens is 1. The highest BCUT2D eigenvalue weighted by molar-refractivity contribution is 8.00. The summed E-state index contributed by atoms with van der Waals surface area (Å²) in [5.41, 5.74) is 7.98. The molecule has 0 saturated carbocycles. The van der Waals surface area contributed by atoms with E-state index >= 15 is 0 Å². The molecule has 1 aromatic carbocycles. The van der Waals surface area contributed by atoms with Crippen molar-refractivity contribution in [3.05, 3.63) is 29.6 Å². The molecular weight excluding hydrogens is 259 g/mol. The van der Waals surface area contributed by atoms with Crippen LogP contribution >= 0.6 is 11.8 Å². The minimum absolute atomic E-state index is 0.144. The van der Waals surface area contributed by atoms with Crippen molar-refractivity contribution in [1.82, 2.24) is 0 Å². The summed E-state index contributed by atoms with van der Waals surface area (Å²) in [5, 5.41) is 0. The number of nitrogens with zero attached hydrogens (tertiary/aromatic N) is 1. The van der Waals surface area contributed by atoms with E-state index in [0.717, 1.165) is 36.5 Å². The van der Waals surface area contributed by atoms with Gasteiger partial charge in [-0.15, -0.1) is 0 Å². The topological polar surface area (TPSA) is 29.3 Å². The van der Waals surface area contributed by atoms with Gasteiger partial charge in [0, 0.05) is 35.3 Å². The van der Waals surface area contributed by atoms with Crippen LogP contribution in [0.2, 0.25) is 0 Å². The fourth-order valence-corrected chi connectivity index (χ4v) is 3.54. The fourth-order valence-electron chi connectivity index (χ4n) is 2.44. The number of benzene rings is 1. The molecule has 1 heterocycles. The normalized spacial score (nSPS) is 21.0. The van der Waals surface area contributed by atoms with Crippen LogP contribution in [0.15, 0.2) is 18.2 Å². The van der Waals surface area contributed by atoms with Gasteiger partial charge in [-0.3, -0.25) is 0 Å². The molecule has 1 aromatic rings. The van der Waals surface area contributed by atoms with E-state index in [1.807, 2.05) is 24.8 Å². The summed E-state index contributed by atoms with van der Waals surface area (Å²) in [6.07, 6.45) is 1.13. The molecule has 4 heteroatoms. The van der Waals surface area contributed by atoms with Crippen molar-refractivity contribution in [2.45, 2.75) is 38.0 Å². The SMILES string of the molecule is C[C@@H](N)c1cc(F)ccc1N1CCSC(C)(C)CC1. The van der Waals surface area contributed by atoms with Gasteiger partial charge in [-0.05, 0) is 37.1 Å². The van der Waals surface area contributed by atoms with Crippen molar-refractivity contribution in [1.29, 1.82) is 0 Å². The first kappa shape index (κ1) is 14.7. The first-order valence-electron chi connectivity index (χ1n) is 6.83. The van der Waals surface area contributed by atoms with Crippen LogP contribution in [0.1, 0.15) is 38.8 Å². The Hall–Kier alpha value is -0.740. The summed E-state index contributed by atoms with van der Waals surface area (Å²) in [7, 11) is 0. The van der Waals surface area contributed by atoms with Gasteiger partial charge in [0.2, 0.25) is 0 Å². The first-order valence-corrected chi connectivity index (χ1v) is 7.81. The van der Waals surface area contributed by atoms with E-state index in [1.54, 1.807) is 6.07 Å². The number of nitrogens with two attached hydrogens (primary N) is 1. The molecule has 0 aliphatic carbocycles. The molecule has 1 atom stereocenters. The lowest BCUT2D eigenvalue weighted by atomic mass is 10.0. The van der Waals surface area contributed by atoms with E-state index in [4.69, 9.17) is 5.73 Å². The van der Waals surface area contributed by atoms with E-state index in [9.17, 15) is 4.39 Å². The second kappa shape index (κ2) is 5.71. The van der Waals surface area contributed by atoms with Crippen LogP contribution in [-0.2, 0) is 0 Å². The van der Waals surface area contributed by atoms with E-state index in [1.165, 1.54) is 6.07 Å². The quantitative estimate of drug-likeness (QED) is 0.899. The van der Waals surface area contributed by atoms with Gasteiger partial charge in [-0.1, -0.05) is 13.8 Å². The Kier molecular flexibility index (Phi) is 4.41. The Morgan fingerprint density at radius 2 is 2.11 bits per heavy atom. The summed E-state index contributed by atoms with van der Waals surface area (Å²) >= 11 is 2.01. The molecule has 1 fully saturated rings. The molecule has 0 radical (unpaired) electrons. The molecule has 0 bridgehead atoms. The lowest BCUT2D eigenvalue weighted by Crippen LogP contribution is -2.28. The number of rotatable bonds is 2. The van der Waals surface area contributed by atoms with E-state index in [-0.39, 0.29) is 11.9 Å². The number of anilines is 1. The predicted molar refractivity (Wildman–Crippen MR) is 82.4 cm³/mol. The van der Waals surface area contributed by atoms with Crippen molar-refractivity contribution >= 4 is 17.4 Å². The zero-order valence-electron chi connectivity index (χ0n) is 11.9. The van der Waals surface area contributed by atoms with Gasteiger partial charge in [-0.25, -0.2) is 4.39 Å². The lowest BCUT2D eigenvalue weighted by Gasteiger charge is -2.27. The van der Waals surface area contributed by atoms with Crippen molar-refractivity contribution in [3.8, 4) is 0 Å². The van der Waals surface area contributed by atoms with Crippen molar-refractivity contribution < 1.29 is 4.39 Å². The minimum Gasteiger partial charge on any atom is -0.370 e. The Morgan fingerprint density at radius 1 is 1.37 bits per heavy atom. The lowest BCUT2D eigenvalue weighted by molar-refractivity contribution is 0.617. The average Bonchev–Trinajstić information content (AvgIpc) is 2.50. The summed E-state index contributed by atoms with van der Waals surface area (Å²) in [4.78, 5) is 2.35. The maximum Gasteiger partial charge on any atom is 0.123 e. The highest BCUT2D eigenvalue weighted by atomic mass is 32.2. The minimum atomic E-state index is -0.208. The number of hydrogen-bond donors (Lipinski definition) is 1. The monoisotopic (exact) mass is 282 g/mol. The maximum absolute atomic E-state index is 13.4. The van der Waals surface area contributed by atoms with E-state index in [2.05, 4.69) is 18.7 Å². The summed E-state index contributed by atoms with van der Waals surface area (Å²) in [5.74, 6) is 0.892. The number of hydrogen-bond acceptors (Lipinski definition) is 3. The first-order chi connectivity index (χ1) is 8.89. The van der Waals surface area contributed by atoms with E-state index < -0.39 is 0 Å².